The minimum Gasteiger partial charge on any atom is -0.277 e. The van der Waals surface area contributed by atoms with Crippen molar-refractivity contribution in [1.29, 1.82) is 0 Å². The van der Waals surface area contributed by atoms with E-state index in [1.54, 1.807) is 10.5 Å². The molecule has 0 aliphatic carbocycles. The van der Waals surface area contributed by atoms with Crippen molar-refractivity contribution in [2.45, 2.75) is 5.16 Å². The van der Waals surface area contributed by atoms with Crippen LogP contribution >= 0.6 is 12.6 Å². The number of halogens is 1. The van der Waals surface area contributed by atoms with E-state index < -0.39 is 0 Å². The lowest BCUT2D eigenvalue weighted by Gasteiger charge is -2.02. The highest BCUT2D eigenvalue weighted by Crippen LogP contribution is 2.21. The summed E-state index contributed by atoms with van der Waals surface area (Å²) in [6.45, 7) is 0. The second-order valence-corrected chi connectivity index (χ2v) is 4.06. The van der Waals surface area contributed by atoms with Gasteiger partial charge in [-0.3, -0.25) is 4.40 Å². The van der Waals surface area contributed by atoms with Crippen molar-refractivity contribution in [1.82, 2.24) is 14.6 Å². The Morgan fingerprint density at radius 1 is 1.06 bits per heavy atom. The Morgan fingerprint density at radius 3 is 2.76 bits per heavy atom. The number of fused-ring (bicyclic) bond motifs is 1. The first-order valence-corrected chi connectivity index (χ1v) is 5.48. The summed E-state index contributed by atoms with van der Waals surface area (Å²) in [4.78, 5) is 0. The van der Waals surface area contributed by atoms with Gasteiger partial charge in [-0.2, -0.15) is 0 Å². The third kappa shape index (κ3) is 1.78. The lowest BCUT2D eigenvalue weighted by molar-refractivity contribution is 0.628. The number of aromatic nitrogens is 3. The molecule has 1 aromatic carbocycles. The van der Waals surface area contributed by atoms with Crippen molar-refractivity contribution >= 4 is 18.3 Å². The van der Waals surface area contributed by atoms with Crippen LogP contribution in [0.5, 0.6) is 0 Å². The third-order valence-corrected chi connectivity index (χ3v) is 2.85. The van der Waals surface area contributed by atoms with Crippen LogP contribution in [0.3, 0.4) is 0 Å². The maximum atomic E-state index is 13.1. The molecular formula is C12H8FN3S. The quantitative estimate of drug-likeness (QED) is 0.668. The fourth-order valence-electron chi connectivity index (χ4n) is 1.72. The van der Waals surface area contributed by atoms with Crippen molar-refractivity contribution in [2.24, 2.45) is 0 Å². The first-order valence-electron chi connectivity index (χ1n) is 5.04. The zero-order valence-electron chi connectivity index (χ0n) is 8.71. The molecule has 0 N–H and O–H groups in total. The minimum atomic E-state index is -0.252. The largest absolute Gasteiger partial charge is 0.277 e. The van der Waals surface area contributed by atoms with Gasteiger partial charge in [0, 0.05) is 6.20 Å². The van der Waals surface area contributed by atoms with E-state index in [0.717, 1.165) is 16.8 Å². The Kier molecular flexibility index (Phi) is 2.33. The summed E-state index contributed by atoms with van der Waals surface area (Å²) in [5, 5.41) is 8.30. The monoisotopic (exact) mass is 245 g/mol. The van der Waals surface area contributed by atoms with E-state index in [9.17, 15) is 4.39 Å². The highest BCUT2D eigenvalue weighted by atomic mass is 32.1. The Morgan fingerprint density at radius 2 is 1.94 bits per heavy atom. The topological polar surface area (TPSA) is 30.2 Å². The van der Waals surface area contributed by atoms with Gasteiger partial charge < -0.3 is 0 Å². The van der Waals surface area contributed by atoms with Gasteiger partial charge in [0.2, 0.25) is 0 Å². The summed E-state index contributed by atoms with van der Waals surface area (Å²) < 4.78 is 14.9. The molecule has 0 bridgehead atoms. The molecular weight excluding hydrogens is 237 g/mol. The van der Waals surface area contributed by atoms with E-state index in [4.69, 9.17) is 0 Å². The van der Waals surface area contributed by atoms with Gasteiger partial charge >= 0.3 is 0 Å². The summed E-state index contributed by atoms with van der Waals surface area (Å²) in [7, 11) is 0. The van der Waals surface area contributed by atoms with Gasteiger partial charge in [-0.15, -0.1) is 22.8 Å². The number of hydrogen-bond donors (Lipinski definition) is 1. The normalized spacial score (nSPS) is 10.9. The van der Waals surface area contributed by atoms with E-state index >= 15 is 0 Å². The highest BCUT2D eigenvalue weighted by Gasteiger charge is 2.04. The Balaban J connectivity index is 2.20. The average Bonchev–Trinajstić information content (AvgIpc) is 2.71. The number of nitrogens with zero attached hydrogens (tertiary/aromatic N) is 3. The molecule has 0 saturated heterocycles. The van der Waals surface area contributed by atoms with Crippen LogP contribution in [0, 0.1) is 5.82 Å². The molecule has 5 heteroatoms. The Hall–Kier alpha value is -1.88. The average molecular weight is 245 g/mol. The predicted octanol–water partition coefficient (Wildman–Crippen LogP) is 2.82. The number of pyridine rings is 1. The molecule has 3 aromatic rings. The van der Waals surface area contributed by atoms with E-state index in [2.05, 4.69) is 22.8 Å². The molecule has 0 spiro atoms. The fraction of sp³-hybridized carbons (Fsp3) is 0. The Labute approximate surface area is 102 Å². The number of rotatable bonds is 1. The van der Waals surface area contributed by atoms with Crippen LogP contribution in [0.1, 0.15) is 0 Å². The molecule has 0 aliphatic rings. The summed E-state index contributed by atoms with van der Waals surface area (Å²) >= 11 is 4.20. The molecule has 17 heavy (non-hydrogen) atoms. The van der Waals surface area contributed by atoms with E-state index in [1.807, 2.05) is 24.4 Å². The predicted molar refractivity (Wildman–Crippen MR) is 65.6 cm³/mol. The van der Waals surface area contributed by atoms with Crippen LogP contribution in [0.15, 0.2) is 47.8 Å². The van der Waals surface area contributed by atoms with Crippen LogP contribution in [-0.2, 0) is 0 Å². The van der Waals surface area contributed by atoms with Gasteiger partial charge in [0.25, 0.3) is 0 Å². The van der Waals surface area contributed by atoms with E-state index in [-0.39, 0.29) is 5.82 Å². The minimum absolute atomic E-state index is 0.252. The first-order chi connectivity index (χ1) is 8.24. The van der Waals surface area contributed by atoms with Crippen molar-refractivity contribution in [3.05, 3.63) is 48.4 Å². The summed E-state index contributed by atoms with van der Waals surface area (Å²) in [5.41, 5.74) is 2.43. The zero-order valence-corrected chi connectivity index (χ0v) is 9.60. The highest BCUT2D eigenvalue weighted by molar-refractivity contribution is 7.80. The van der Waals surface area contributed by atoms with E-state index in [0.29, 0.717) is 5.16 Å². The molecule has 84 valence electrons. The van der Waals surface area contributed by atoms with Crippen molar-refractivity contribution in [3.8, 4) is 11.1 Å². The van der Waals surface area contributed by atoms with Crippen LogP contribution in [0.2, 0.25) is 0 Å². The van der Waals surface area contributed by atoms with Crippen molar-refractivity contribution in [2.75, 3.05) is 0 Å². The van der Waals surface area contributed by atoms with Crippen molar-refractivity contribution < 1.29 is 4.39 Å². The lowest BCUT2D eigenvalue weighted by Crippen LogP contribution is -1.88. The molecule has 0 atom stereocenters. The molecule has 2 aromatic heterocycles. The molecule has 3 rings (SSSR count). The van der Waals surface area contributed by atoms with Crippen LogP contribution in [0.4, 0.5) is 4.39 Å². The maximum absolute atomic E-state index is 13.1. The molecule has 3 nitrogen and oxygen atoms in total. The van der Waals surface area contributed by atoms with E-state index in [1.165, 1.54) is 12.1 Å². The number of benzene rings is 1. The third-order valence-electron chi connectivity index (χ3n) is 2.54. The Bertz CT molecular complexity index is 693. The molecule has 0 fully saturated rings. The van der Waals surface area contributed by atoms with Crippen LogP contribution in [-0.4, -0.2) is 14.6 Å². The summed E-state index contributed by atoms with van der Waals surface area (Å²) in [5.74, 6) is -0.252. The van der Waals surface area contributed by atoms with Gasteiger partial charge in [-0.05, 0) is 35.4 Å². The summed E-state index contributed by atoms with van der Waals surface area (Å²) in [6, 6.07) is 10.2. The fourth-order valence-corrected chi connectivity index (χ4v) is 1.92. The van der Waals surface area contributed by atoms with Gasteiger partial charge in [-0.1, -0.05) is 12.1 Å². The summed E-state index contributed by atoms with van der Waals surface area (Å²) in [6.07, 6.45) is 1.84. The molecule has 0 radical (unpaired) electrons. The molecule has 0 saturated carbocycles. The lowest BCUT2D eigenvalue weighted by atomic mass is 10.1. The smallest absolute Gasteiger partial charge is 0.192 e. The zero-order chi connectivity index (χ0) is 11.8. The standard InChI is InChI=1S/C12H8FN3S/c13-10-3-1-2-8(6-10)9-4-5-11-14-15-12(17)16(11)7-9/h1-7H,(H,15,17). The number of thiol groups is 1. The molecule has 2 heterocycles. The van der Waals surface area contributed by atoms with Gasteiger partial charge in [0.05, 0.1) is 0 Å². The molecule has 0 unspecified atom stereocenters. The first kappa shape index (κ1) is 10.3. The van der Waals surface area contributed by atoms with Gasteiger partial charge in [0.15, 0.2) is 10.8 Å². The molecule has 0 amide bonds. The van der Waals surface area contributed by atoms with Gasteiger partial charge in [0.1, 0.15) is 5.82 Å². The second-order valence-electron chi connectivity index (χ2n) is 3.66. The van der Waals surface area contributed by atoms with Crippen LogP contribution in [0.25, 0.3) is 16.8 Å². The van der Waals surface area contributed by atoms with Crippen molar-refractivity contribution in [3.63, 3.8) is 0 Å². The SMILES string of the molecule is Fc1cccc(-c2ccc3nnc(S)n3c2)c1. The maximum Gasteiger partial charge on any atom is 0.192 e. The van der Waals surface area contributed by atoms with Crippen LogP contribution < -0.4 is 0 Å². The van der Waals surface area contributed by atoms with Gasteiger partial charge in [-0.25, -0.2) is 4.39 Å². The number of hydrogen-bond acceptors (Lipinski definition) is 3. The molecule has 0 aliphatic heterocycles. The second kappa shape index (κ2) is 3.85.